The predicted octanol–water partition coefficient (Wildman–Crippen LogP) is 3.79. The molecular weight excluding hydrogens is 302 g/mol. The second kappa shape index (κ2) is 7.08. The van der Waals surface area contributed by atoms with Gasteiger partial charge in [0.2, 0.25) is 11.8 Å². The Morgan fingerprint density at radius 2 is 2.00 bits per heavy atom. The Kier molecular flexibility index (Phi) is 4.70. The number of hydrogen-bond donors (Lipinski definition) is 1. The summed E-state index contributed by atoms with van der Waals surface area (Å²) in [5.41, 5.74) is 3.45. The predicted molar refractivity (Wildman–Crippen MR) is 92.6 cm³/mol. The summed E-state index contributed by atoms with van der Waals surface area (Å²) in [6, 6.07) is 11.5. The number of hydrogen-bond acceptors (Lipinski definition) is 4. The summed E-state index contributed by atoms with van der Waals surface area (Å²) in [7, 11) is 0. The fraction of sp³-hybridized carbons (Fsp3) is 0.211. The van der Waals surface area contributed by atoms with Gasteiger partial charge in [-0.05, 0) is 43.2 Å². The molecule has 0 aliphatic rings. The van der Waals surface area contributed by atoms with Gasteiger partial charge in [0.1, 0.15) is 5.76 Å². The van der Waals surface area contributed by atoms with Crippen LogP contribution in [0, 0.1) is 6.92 Å². The minimum atomic E-state index is -0.117. The summed E-state index contributed by atoms with van der Waals surface area (Å²) in [6.07, 6.45) is 4.52. The van der Waals surface area contributed by atoms with E-state index in [0.29, 0.717) is 17.3 Å². The molecule has 0 fully saturated rings. The van der Waals surface area contributed by atoms with E-state index in [9.17, 15) is 4.79 Å². The summed E-state index contributed by atoms with van der Waals surface area (Å²) < 4.78 is 5.65. The average molecular weight is 321 g/mol. The van der Waals surface area contributed by atoms with Crippen molar-refractivity contribution in [1.29, 1.82) is 0 Å². The van der Waals surface area contributed by atoms with Crippen LogP contribution in [0.1, 0.15) is 23.9 Å². The van der Waals surface area contributed by atoms with Crippen LogP contribution in [-0.2, 0) is 17.6 Å². The number of carbonyl (C=O) groups excluding carboxylic acids is 1. The Bertz CT molecular complexity index is 824. The van der Waals surface area contributed by atoms with E-state index >= 15 is 0 Å². The highest BCUT2D eigenvalue weighted by Gasteiger charge is 2.15. The van der Waals surface area contributed by atoms with Crippen LogP contribution in [-0.4, -0.2) is 15.9 Å². The van der Waals surface area contributed by atoms with Gasteiger partial charge in [0.15, 0.2) is 0 Å². The maximum atomic E-state index is 12.2. The zero-order valence-corrected chi connectivity index (χ0v) is 13.7. The van der Waals surface area contributed by atoms with Gasteiger partial charge in [0.05, 0.1) is 17.7 Å². The molecule has 5 heteroatoms. The molecule has 24 heavy (non-hydrogen) atoms. The van der Waals surface area contributed by atoms with Gasteiger partial charge in [-0.15, -0.1) is 0 Å². The lowest BCUT2D eigenvalue weighted by Crippen LogP contribution is -2.15. The van der Waals surface area contributed by atoms with Gasteiger partial charge >= 0.3 is 0 Å². The average Bonchev–Trinajstić information content (AvgIpc) is 2.97. The van der Waals surface area contributed by atoms with Crippen molar-refractivity contribution >= 4 is 11.6 Å². The van der Waals surface area contributed by atoms with Crippen LogP contribution in [0.25, 0.3) is 11.5 Å². The van der Waals surface area contributed by atoms with Crippen molar-refractivity contribution in [2.75, 3.05) is 5.32 Å². The Balaban J connectivity index is 1.69. The Morgan fingerprint density at radius 3 is 2.67 bits per heavy atom. The first-order valence-corrected chi connectivity index (χ1v) is 7.91. The van der Waals surface area contributed by atoms with Crippen molar-refractivity contribution in [3.8, 4) is 11.5 Å². The third-order valence-electron chi connectivity index (χ3n) is 3.78. The second-order valence-electron chi connectivity index (χ2n) is 5.54. The molecule has 1 N–H and O–H groups in total. The quantitative estimate of drug-likeness (QED) is 0.776. The molecule has 0 radical (unpaired) electrons. The molecule has 0 spiro atoms. The third-order valence-corrected chi connectivity index (χ3v) is 3.78. The van der Waals surface area contributed by atoms with Crippen LogP contribution in [0.2, 0.25) is 0 Å². The molecule has 0 saturated carbocycles. The molecule has 3 rings (SSSR count). The number of aromatic nitrogens is 2. The van der Waals surface area contributed by atoms with Crippen molar-refractivity contribution in [3.63, 3.8) is 0 Å². The molecule has 0 atom stereocenters. The van der Waals surface area contributed by atoms with E-state index in [-0.39, 0.29) is 12.3 Å². The number of rotatable bonds is 5. The summed E-state index contributed by atoms with van der Waals surface area (Å²) in [5, 5.41) is 2.89. The van der Waals surface area contributed by atoms with Crippen LogP contribution in [0.15, 0.2) is 53.2 Å². The highest BCUT2D eigenvalue weighted by Crippen LogP contribution is 2.21. The molecule has 122 valence electrons. The van der Waals surface area contributed by atoms with Crippen molar-refractivity contribution in [1.82, 2.24) is 9.97 Å². The standard InChI is InChI=1S/C19H19N3O2/c1-3-14-6-8-16(9-7-14)21-18(23)11-17-13(2)24-19(22-17)15-5-4-10-20-12-15/h4-10,12H,3,11H2,1-2H3,(H,21,23). The van der Waals surface area contributed by atoms with Gasteiger partial charge in [0, 0.05) is 18.1 Å². The Labute approximate surface area is 140 Å². The number of aryl methyl sites for hydroxylation is 2. The largest absolute Gasteiger partial charge is 0.441 e. The van der Waals surface area contributed by atoms with Gasteiger partial charge in [0.25, 0.3) is 0 Å². The SMILES string of the molecule is CCc1ccc(NC(=O)Cc2nc(-c3cccnc3)oc2C)cc1. The zero-order chi connectivity index (χ0) is 16.9. The molecular formula is C19H19N3O2. The molecule has 2 heterocycles. The minimum Gasteiger partial charge on any atom is -0.441 e. The molecule has 3 aromatic rings. The molecule has 2 aromatic heterocycles. The van der Waals surface area contributed by atoms with E-state index in [0.717, 1.165) is 17.7 Å². The van der Waals surface area contributed by atoms with E-state index in [1.54, 1.807) is 12.4 Å². The number of oxazole rings is 1. The first-order valence-electron chi connectivity index (χ1n) is 7.91. The van der Waals surface area contributed by atoms with Crippen LogP contribution in [0.5, 0.6) is 0 Å². The number of nitrogens with zero attached hydrogens (tertiary/aromatic N) is 2. The van der Waals surface area contributed by atoms with E-state index in [2.05, 4.69) is 22.2 Å². The van der Waals surface area contributed by atoms with E-state index in [1.807, 2.05) is 43.3 Å². The van der Waals surface area contributed by atoms with Gasteiger partial charge < -0.3 is 9.73 Å². The lowest BCUT2D eigenvalue weighted by atomic mass is 10.1. The second-order valence-corrected chi connectivity index (χ2v) is 5.54. The number of nitrogens with one attached hydrogen (secondary N) is 1. The zero-order valence-electron chi connectivity index (χ0n) is 13.7. The Hall–Kier alpha value is -2.95. The molecule has 0 aliphatic carbocycles. The van der Waals surface area contributed by atoms with E-state index < -0.39 is 0 Å². The first kappa shape index (κ1) is 15.9. The van der Waals surface area contributed by atoms with Crippen molar-refractivity contribution in [2.24, 2.45) is 0 Å². The minimum absolute atomic E-state index is 0.117. The summed E-state index contributed by atoms with van der Waals surface area (Å²) in [6.45, 7) is 3.91. The maximum absolute atomic E-state index is 12.2. The van der Waals surface area contributed by atoms with Crippen molar-refractivity contribution in [3.05, 3.63) is 65.8 Å². The molecule has 1 amide bonds. The fourth-order valence-corrected chi connectivity index (χ4v) is 2.39. The monoisotopic (exact) mass is 321 g/mol. The van der Waals surface area contributed by atoms with Crippen molar-refractivity contribution in [2.45, 2.75) is 26.7 Å². The molecule has 1 aromatic carbocycles. The van der Waals surface area contributed by atoms with Gasteiger partial charge in [-0.2, -0.15) is 0 Å². The molecule has 0 aliphatic heterocycles. The summed E-state index contributed by atoms with van der Waals surface area (Å²) >= 11 is 0. The molecule has 0 unspecified atom stereocenters. The van der Waals surface area contributed by atoms with Crippen LogP contribution < -0.4 is 5.32 Å². The summed E-state index contributed by atoms with van der Waals surface area (Å²) in [4.78, 5) is 20.7. The lowest BCUT2D eigenvalue weighted by Gasteiger charge is -2.05. The number of anilines is 1. The number of carbonyl (C=O) groups is 1. The fourth-order valence-electron chi connectivity index (χ4n) is 2.39. The number of pyridine rings is 1. The third kappa shape index (κ3) is 3.68. The topological polar surface area (TPSA) is 68.0 Å². The Morgan fingerprint density at radius 1 is 1.21 bits per heavy atom. The highest BCUT2D eigenvalue weighted by molar-refractivity contribution is 5.92. The van der Waals surface area contributed by atoms with E-state index in [4.69, 9.17) is 4.42 Å². The van der Waals surface area contributed by atoms with Crippen LogP contribution in [0.4, 0.5) is 5.69 Å². The molecule has 0 bridgehead atoms. The van der Waals surface area contributed by atoms with Crippen molar-refractivity contribution < 1.29 is 9.21 Å². The smallest absolute Gasteiger partial charge is 0.230 e. The maximum Gasteiger partial charge on any atom is 0.230 e. The number of amides is 1. The van der Waals surface area contributed by atoms with Crippen LogP contribution in [0.3, 0.4) is 0 Å². The molecule has 5 nitrogen and oxygen atoms in total. The number of benzene rings is 1. The first-order chi connectivity index (χ1) is 11.7. The van der Waals surface area contributed by atoms with Gasteiger partial charge in [-0.3, -0.25) is 9.78 Å². The highest BCUT2D eigenvalue weighted by atomic mass is 16.4. The van der Waals surface area contributed by atoms with Gasteiger partial charge in [-0.25, -0.2) is 4.98 Å². The van der Waals surface area contributed by atoms with Gasteiger partial charge in [-0.1, -0.05) is 19.1 Å². The lowest BCUT2D eigenvalue weighted by molar-refractivity contribution is -0.115. The van der Waals surface area contributed by atoms with Crippen LogP contribution >= 0.6 is 0 Å². The van der Waals surface area contributed by atoms with E-state index in [1.165, 1.54) is 5.56 Å². The molecule has 0 saturated heterocycles. The summed E-state index contributed by atoms with van der Waals surface area (Å²) in [5.74, 6) is 1.01. The normalized spacial score (nSPS) is 10.6.